The quantitative estimate of drug-likeness (QED) is 0.528. The van der Waals surface area contributed by atoms with Gasteiger partial charge in [0.15, 0.2) is 0 Å². The monoisotopic (exact) mass is 384 g/mol. The molecule has 0 heterocycles. The summed E-state index contributed by atoms with van der Waals surface area (Å²) in [6, 6.07) is 11.7. The second-order valence-corrected chi connectivity index (χ2v) is 9.54. The highest BCUT2D eigenvalue weighted by molar-refractivity contribution is 5.39. The van der Waals surface area contributed by atoms with Crippen LogP contribution in [0.25, 0.3) is 0 Å². The smallest absolute Gasteiger partial charge is 0.120 e. The zero-order chi connectivity index (χ0) is 20.9. The Morgan fingerprint density at radius 2 is 1.00 bits per heavy atom. The average Bonchev–Trinajstić information content (AvgIpc) is 2.58. The molecular formula is C24H36N2O2. The molecule has 0 bridgehead atoms. The molecule has 0 fully saturated rings. The van der Waals surface area contributed by atoms with Gasteiger partial charge in [-0.3, -0.25) is 0 Å². The van der Waals surface area contributed by atoms with Crippen molar-refractivity contribution in [1.82, 2.24) is 10.6 Å². The standard InChI is InChI=1S/C24H36N2O2/c1-23(2,3)19-7-9-21(27)17(13-19)15-25-11-12-26-16-18-14-20(24(4,5)6)8-10-22(18)28/h7-10,13-14,25-28H,11-12,15-16H2,1-6H3. The van der Waals surface area contributed by atoms with Gasteiger partial charge < -0.3 is 20.8 Å². The van der Waals surface area contributed by atoms with Gasteiger partial charge in [-0.05, 0) is 34.1 Å². The highest BCUT2D eigenvalue weighted by Gasteiger charge is 2.16. The number of aromatic hydroxyl groups is 2. The number of hydrogen-bond acceptors (Lipinski definition) is 4. The van der Waals surface area contributed by atoms with E-state index in [4.69, 9.17) is 0 Å². The van der Waals surface area contributed by atoms with Gasteiger partial charge in [-0.1, -0.05) is 65.8 Å². The van der Waals surface area contributed by atoms with Crippen LogP contribution >= 0.6 is 0 Å². The SMILES string of the molecule is CC(C)(C)c1ccc(O)c(CNCCNCc2cc(C(C)(C)C)ccc2O)c1. The second-order valence-electron chi connectivity index (χ2n) is 9.54. The largest absolute Gasteiger partial charge is 0.508 e. The maximum atomic E-state index is 10.1. The zero-order valence-corrected chi connectivity index (χ0v) is 18.2. The normalized spacial score (nSPS) is 12.4. The van der Waals surface area contributed by atoms with Crippen molar-refractivity contribution in [1.29, 1.82) is 0 Å². The van der Waals surface area contributed by atoms with E-state index in [1.54, 1.807) is 12.1 Å². The van der Waals surface area contributed by atoms with Crippen LogP contribution < -0.4 is 10.6 Å². The molecule has 2 rings (SSSR count). The number of phenolic OH excluding ortho intramolecular Hbond substituents is 2. The maximum absolute atomic E-state index is 10.1. The highest BCUT2D eigenvalue weighted by Crippen LogP contribution is 2.28. The molecule has 0 aliphatic carbocycles. The molecule has 0 aliphatic rings. The first-order valence-electron chi connectivity index (χ1n) is 10.0. The van der Waals surface area contributed by atoms with Crippen LogP contribution in [0.3, 0.4) is 0 Å². The predicted octanol–water partition coefficient (Wildman–Crippen LogP) is 4.57. The highest BCUT2D eigenvalue weighted by atomic mass is 16.3. The molecule has 0 saturated carbocycles. The van der Waals surface area contributed by atoms with Gasteiger partial charge in [0.25, 0.3) is 0 Å². The lowest BCUT2D eigenvalue weighted by atomic mass is 9.86. The van der Waals surface area contributed by atoms with Crippen molar-refractivity contribution in [2.24, 2.45) is 0 Å². The van der Waals surface area contributed by atoms with Crippen LogP contribution in [0.4, 0.5) is 0 Å². The predicted molar refractivity (Wildman–Crippen MR) is 117 cm³/mol. The third-order valence-electron chi connectivity index (χ3n) is 5.00. The lowest BCUT2D eigenvalue weighted by molar-refractivity contribution is 0.459. The van der Waals surface area contributed by atoms with E-state index >= 15 is 0 Å². The van der Waals surface area contributed by atoms with Crippen LogP contribution in [0.2, 0.25) is 0 Å². The number of rotatable bonds is 7. The van der Waals surface area contributed by atoms with Crippen LogP contribution in [-0.4, -0.2) is 23.3 Å². The molecule has 0 aliphatic heterocycles. The molecule has 4 heteroatoms. The fourth-order valence-electron chi connectivity index (χ4n) is 3.01. The summed E-state index contributed by atoms with van der Waals surface area (Å²) in [5.41, 5.74) is 4.40. The second kappa shape index (κ2) is 8.97. The summed E-state index contributed by atoms with van der Waals surface area (Å²) in [6.07, 6.45) is 0. The van der Waals surface area contributed by atoms with E-state index in [1.165, 1.54) is 11.1 Å². The van der Waals surface area contributed by atoms with Crippen molar-refractivity contribution >= 4 is 0 Å². The van der Waals surface area contributed by atoms with Crippen molar-refractivity contribution in [2.45, 2.75) is 65.5 Å². The van der Waals surface area contributed by atoms with Crippen molar-refractivity contribution in [3.05, 3.63) is 58.7 Å². The van der Waals surface area contributed by atoms with Crippen molar-refractivity contribution in [2.75, 3.05) is 13.1 Å². The summed E-state index contributed by atoms with van der Waals surface area (Å²) in [7, 11) is 0. The molecule has 0 atom stereocenters. The molecule has 4 nitrogen and oxygen atoms in total. The van der Waals surface area contributed by atoms with E-state index in [1.807, 2.05) is 12.1 Å². The Balaban J connectivity index is 1.82. The molecule has 154 valence electrons. The van der Waals surface area contributed by atoms with E-state index in [9.17, 15) is 10.2 Å². The van der Waals surface area contributed by atoms with E-state index in [-0.39, 0.29) is 10.8 Å². The van der Waals surface area contributed by atoms with E-state index in [2.05, 4.69) is 64.3 Å². The molecule has 0 unspecified atom stereocenters. The topological polar surface area (TPSA) is 64.5 Å². The molecule has 0 spiro atoms. The van der Waals surface area contributed by atoms with Crippen LogP contribution in [0, 0.1) is 0 Å². The van der Waals surface area contributed by atoms with Gasteiger partial charge in [0, 0.05) is 37.3 Å². The minimum atomic E-state index is 0.0631. The Morgan fingerprint density at radius 3 is 1.32 bits per heavy atom. The van der Waals surface area contributed by atoms with Crippen molar-refractivity contribution in [3.63, 3.8) is 0 Å². The number of nitrogens with one attached hydrogen (secondary N) is 2. The Labute approximate surface area is 170 Å². The fourth-order valence-corrected chi connectivity index (χ4v) is 3.01. The third kappa shape index (κ3) is 6.25. The first kappa shape index (κ1) is 22.3. The Hall–Kier alpha value is -2.04. The minimum absolute atomic E-state index is 0.0631. The van der Waals surface area contributed by atoms with E-state index in [0.717, 1.165) is 24.2 Å². The van der Waals surface area contributed by atoms with Crippen LogP contribution in [-0.2, 0) is 23.9 Å². The number of hydrogen-bond donors (Lipinski definition) is 4. The van der Waals surface area contributed by atoms with Gasteiger partial charge in [-0.25, -0.2) is 0 Å². The van der Waals surface area contributed by atoms with Crippen LogP contribution in [0.15, 0.2) is 36.4 Å². The summed E-state index contributed by atoms with van der Waals surface area (Å²) >= 11 is 0. The summed E-state index contributed by atoms with van der Waals surface area (Å²) in [4.78, 5) is 0. The van der Waals surface area contributed by atoms with E-state index in [0.29, 0.717) is 24.6 Å². The van der Waals surface area contributed by atoms with Gasteiger partial charge >= 0.3 is 0 Å². The molecule has 2 aromatic rings. The molecule has 0 saturated heterocycles. The molecule has 0 aromatic heterocycles. The van der Waals surface area contributed by atoms with Gasteiger partial charge in [0.2, 0.25) is 0 Å². The summed E-state index contributed by atoms with van der Waals surface area (Å²) in [6.45, 7) is 15.8. The molecule has 0 amide bonds. The Morgan fingerprint density at radius 1 is 0.643 bits per heavy atom. The third-order valence-corrected chi connectivity index (χ3v) is 5.00. The Bertz CT molecular complexity index is 719. The van der Waals surface area contributed by atoms with E-state index < -0.39 is 0 Å². The average molecular weight is 385 g/mol. The fraction of sp³-hybridized carbons (Fsp3) is 0.500. The minimum Gasteiger partial charge on any atom is -0.508 e. The Kier molecular flexibility index (Phi) is 7.13. The molecule has 0 radical (unpaired) electrons. The lowest BCUT2D eigenvalue weighted by Gasteiger charge is -2.21. The first-order chi connectivity index (χ1) is 13.0. The van der Waals surface area contributed by atoms with Crippen molar-refractivity contribution in [3.8, 4) is 11.5 Å². The lowest BCUT2D eigenvalue weighted by Crippen LogP contribution is -2.27. The molecular weight excluding hydrogens is 348 g/mol. The maximum Gasteiger partial charge on any atom is 0.120 e. The summed E-state index contributed by atoms with van der Waals surface area (Å²) in [5, 5.41) is 26.9. The number of benzene rings is 2. The molecule has 2 aromatic carbocycles. The zero-order valence-electron chi connectivity index (χ0n) is 18.2. The van der Waals surface area contributed by atoms with Gasteiger partial charge in [-0.15, -0.1) is 0 Å². The van der Waals surface area contributed by atoms with Gasteiger partial charge in [0.05, 0.1) is 0 Å². The van der Waals surface area contributed by atoms with Gasteiger partial charge in [0.1, 0.15) is 11.5 Å². The van der Waals surface area contributed by atoms with Gasteiger partial charge in [-0.2, -0.15) is 0 Å². The number of phenols is 2. The molecule has 28 heavy (non-hydrogen) atoms. The van der Waals surface area contributed by atoms with Crippen LogP contribution in [0.5, 0.6) is 11.5 Å². The summed E-state index contributed by atoms with van der Waals surface area (Å²) in [5.74, 6) is 0.662. The molecule has 4 N–H and O–H groups in total. The van der Waals surface area contributed by atoms with Crippen LogP contribution in [0.1, 0.15) is 63.8 Å². The first-order valence-corrected chi connectivity index (χ1v) is 10.0. The van der Waals surface area contributed by atoms with Crippen molar-refractivity contribution < 1.29 is 10.2 Å². The summed E-state index contributed by atoms with van der Waals surface area (Å²) < 4.78 is 0.